The Morgan fingerprint density at radius 3 is 2.22 bits per heavy atom. The molecular weight excluding hydrogens is 415 g/mol. The Morgan fingerprint density at radius 2 is 1.61 bits per heavy atom. The van der Waals surface area contributed by atoms with E-state index in [-0.39, 0.29) is 0 Å². The van der Waals surface area contributed by atoms with E-state index in [0.29, 0.717) is 0 Å². The Bertz CT molecular complexity index is 547. The van der Waals surface area contributed by atoms with Gasteiger partial charge in [-0.1, -0.05) is 0 Å². The number of methoxy groups -OCH3 is 1. The second kappa shape index (κ2) is 5.87. The molecule has 92 valence electrons. The van der Waals surface area contributed by atoms with Crippen molar-refractivity contribution in [2.45, 2.75) is 20.8 Å². The van der Waals surface area contributed by atoms with Crippen LogP contribution in [-0.2, 0) is 0 Å². The average Bonchev–Trinajstić information content (AvgIpc) is 2.40. The van der Waals surface area contributed by atoms with Gasteiger partial charge in [0.25, 0.3) is 0 Å². The molecule has 2 aromatic carbocycles. The molecule has 0 spiro atoms. The standard InChI is InChI=1S/C10H13O.C6H5.Pb/c1-7-5-10(11-4)6-8(2)9(7)3;1-2-4-6-5-3-1;/h5H,1-4H3;1-5H;. The van der Waals surface area contributed by atoms with E-state index in [1.54, 1.807) is 7.11 Å². The molecule has 0 fully saturated rings. The molecule has 1 nitrogen and oxygen atoms in total. The van der Waals surface area contributed by atoms with Crippen molar-refractivity contribution in [2.24, 2.45) is 0 Å². The Kier molecular flexibility index (Phi) is 4.43. The summed E-state index contributed by atoms with van der Waals surface area (Å²) in [5.41, 5.74) is 4.16. The number of ether oxygens (including phenoxy) is 1. The summed E-state index contributed by atoms with van der Waals surface area (Å²) in [6.45, 7) is 6.60. The molecule has 0 saturated heterocycles. The summed E-state index contributed by atoms with van der Waals surface area (Å²) in [6, 6.07) is 13.0. The summed E-state index contributed by atoms with van der Waals surface area (Å²) in [5, 5.41) is 0. The van der Waals surface area contributed by atoms with Crippen molar-refractivity contribution in [3.63, 3.8) is 0 Å². The predicted octanol–water partition coefficient (Wildman–Crippen LogP) is 2.28. The van der Waals surface area contributed by atoms with Crippen LogP contribution >= 0.6 is 0 Å². The zero-order valence-electron chi connectivity index (χ0n) is 11.4. The minimum atomic E-state index is -1.02. The van der Waals surface area contributed by atoms with Gasteiger partial charge in [0.2, 0.25) is 0 Å². The molecular formula is C16H18OPb. The first-order valence-corrected chi connectivity index (χ1v) is 9.99. The van der Waals surface area contributed by atoms with Gasteiger partial charge in [-0.2, -0.15) is 0 Å². The molecule has 0 aliphatic heterocycles. The van der Waals surface area contributed by atoms with Gasteiger partial charge in [0, 0.05) is 0 Å². The van der Waals surface area contributed by atoms with E-state index in [4.69, 9.17) is 4.74 Å². The Hall–Kier alpha value is -0.838. The van der Waals surface area contributed by atoms with Crippen molar-refractivity contribution in [1.29, 1.82) is 0 Å². The molecule has 0 aliphatic rings. The molecule has 0 heterocycles. The van der Waals surface area contributed by atoms with E-state index in [1.165, 1.54) is 22.9 Å². The van der Waals surface area contributed by atoms with Gasteiger partial charge >= 0.3 is 122 Å². The minimum absolute atomic E-state index is 1.02. The fourth-order valence-electron chi connectivity index (χ4n) is 2.03. The van der Waals surface area contributed by atoms with Crippen LogP contribution in [0.2, 0.25) is 0 Å². The van der Waals surface area contributed by atoms with Gasteiger partial charge in [0.05, 0.1) is 0 Å². The van der Waals surface area contributed by atoms with Gasteiger partial charge in [-0.05, 0) is 0 Å². The van der Waals surface area contributed by atoms with Crippen LogP contribution in [-0.4, -0.2) is 31.3 Å². The van der Waals surface area contributed by atoms with Crippen molar-refractivity contribution in [1.82, 2.24) is 0 Å². The summed E-state index contributed by atoms with van der Waals surface area (Å²) >= 11 is -1.02. The molecule has 2 heteroatoms. The molecule has 2 aromatic rings. The summed E-state index contributed by atoms with van der Waals surface area (Å²) < 4.78 is 8.59. The number of benzene rings is 2. The molecule has 18 heavy (non-hydrogen) atoms. The molecule has 0 amide bonds. The van der Waals surface area contributed by atoms with Crippen LogP contribution < -0.4 is 11.0 Å². The van der Waals surface area contributed by atoms with Crippen molar-refractivity contribution >= 4 is 30.5 Å². The van der Waals surface area contributed by atoms with E-state index >= 15 is 0 Å². The van der Waals surface area contributed by atoms with Gasteiger partial charge in [-0.15, -0.1) is 0 Å². The number of aryl methyl sites for hydroxylation is 1. The normalized spacial score (nSPS) is 10.4. The van der Waals surface area contributed by atoms with Gasteiger partial charge in [-0.25, -0.2) is 0 Å². The van der Waals surface area contributed by atoms with E-state index in [2.05, 4.69) is 57.2 Å². The van der Waals surface area contributed by atoms with Crippen LogP contribution in [0.5, 0.6) is 5.75 Å². The fraction of sp³-hybridized carbons (Fsp3) is 0.250. The molecule has 2 radical (unpaired) electrons. The first kappa shape index (κ1) is 13.6. The maximum absolute atomic E-state index is 5.58. The van der Waals surface area contributed by atoms with Crippen molar-refractivity contribution in [3.05, 3.63) is 53.1 Å². The molecule has 0 saturated carbocycles. The Labute approximate surface area is 121 Å². The van der Waals surface area contributed by atoms with Gasteiger partial charge in [-0.3, -0.25) is 0 Å². The van der Waals surface area contributed by atoms with Gasteiger partial charge < -0.3 is 0 Å². The number of rotatable bonds is 3. The maximum atomic E-state index is 5.58. The predicted molar refractivity (Wildman–Crippen MR) is 78.7 cm³/mol. The van der Waals surface area contributed by atoms with Crippen LogP contribution in [0.4, 0.5) is 0 Å². The second-order valence-electron chi connectivity index (χ2n) is 4.51. The SMILES string of the molecule is COc1cc(C)c(C)c(C)[c]1[Pb][c]1ccccc1. The summed E-state index contributed by atoms with van der Waals surface area (Å²) in [6.07, 6.45) is 0. The monoisotopic (exact) mass is 434 g/mol. The Balaban J connectivity index is 2.47. The summed E-state index contributed by atoms with van der Waals surface area (Å²) in [7, 11) is 1.78. The number of hydrogen-bond donors (Lipinski definition) is 0. The molecule has 0 bridgehead atoms. The number of hydrogen-bond acceptors (Lipinski definition) is 1. The third-order valence-electron chi connectivity index (χ3n) is 3.39. The van der Waals surface area contributed by atoms with Crippen LogP contribution in [0.1, 0.15) is 16.7 Å². The van der Waals surface area contributed by atoms with Crippen molar-refractivity contribution in [3.8, 4) is 5.75 Å². The summed E-state index contributed by atoms with van der Waals surface area (Å²) in [5.74, 6) is 1.09. The van der Waals surface area contributed by atoms with Gasteiger partial charge in [0.1, 0.15) is 0 Å². The third-order valence-corrected chi connectivity index (χ3v) is 9.19. The summed E-state index contributed by atoms with van der Waals surface area (Å²) in [4.78, 5) is 0. The molecule has 0 aliphatic carbocycles. The molecule has 0 atom stereocenters. The van der Waals surface area contributed by atoms with E-state index in [9.17, 15) is 0 Å². The Morgan fingerprint density at radius 1 is 0.944 bits per heavy atom. The van der Waals surface area contributed by atoms with Crippen molar-refractivity contribution in [2.75, 3.05) is 7.11 Å². The fourth-order valence-corrected chi connectivity index (χ4v) is 7.16. The molecule has 2 rings (SSSR count). The second-order valence-corrected chi connectivity index (χ2v) is 9.67. The average molecular weight is 434 g/mol. The van der Waals surface area contributed by atoms with E-state index in [0.717, 1.165) is 5.75 Å². The van der Waals surface area contributed by atoms with Crippen LogP contribution in [0.3, 0.4) is 0 Å². The van der Waals surface area contributed by atoms with Crippen molar-refractivity contribution < 1.29 is 4.74 Å². The zero-order valence-corrected chi connectivity index (χ0v) is 15.3. The topological polar surface area (TPSA) is 9.23 Å². The first-order valence-electron chi connectivity index (χ1n) is 6.10. The van der Waals surface area contributed by atoms with E-state index < -0.39 is 24.2 Å². The van der Waals surface area contributed by atoms with Gasteiger partial charge in [0.15, 0.2) is 0 Å². The third kappa shape index (κ3) is 2.77. The molecule has 0 N–H and O–H groups in total. The van der Waals surface area contributed by atoms with Crippen LogP contribution in [0, 0.1) is 20.8 Å². The first-order chi connectivity index (χ1) is 8.63. The molecule has 0 unspecified atom stereocenters. The molecule has 0 aromatic heterocycles. The van der Waals surface area contributed by atoms with Crippen LogP contribution in [0.25, 0.3) is 0 Å². The van der Waals surface area contributed by atoms with E-state index in [1.807, 2.05) is 0 Å². The van der Waals surface area contributed by atoms with Crippen LogP contribution in [0.15, 0.2) is 36.4 Å². The quantitative estimate of drug-likeness (QED) is 0.675. The zero-order chi connectivity index (χ0) is 13.1.